The van der Waals surface area contributed by atoms with Crippen LogP contribution in [0.3, 0.4) is 0 Å². The molecule has 45 heavy (non-hydrogen) atoms. The molecule has 0 radical (unpaired) electrons. The molecule has 3 saturated heterocycles. The van der Waals surface area contributed by atoms with E-state index in [9.17, 15) is 14.7 Å². The van der Waals surface area contributed by atoms with Crippen molar-refractivity contribution in [2.24, 2.45) is 17.8 Å². The highest BCUT2D eigenvalue weighted by atomic mass is 16.6. The fourth-order valence-corrected chi connectivity index (χ4v) is 6.64. The number of ether oxygens (including phenoxy) is 5. The van der Waals surface area contributed by atoms with E-state index in [1.165, 1.54) is 0 Å². The highest BCUT2D eigenvalue weighted by Gasteiger charge is 2.57. The van der Waals surface area contributed by atoms with Gasteiger partial charge in [0.15, 0.2) is 12.0 Å². The maximum absolute atomic E-state index is 13.4. The minimum Gasteiger partial charge on any atom is -0.462 e. The molecule has 246 valence electrons. The number of nitrogens with zero attached hydrogens (tertiary/aromatic N) is 1. The van der Waals surface area contributed by atoms with E-state index in [0.717, 1.165) is 16.8 Å². The van der Waals surface area contributed by atoms with Crippen LogP contribution in [0, 0.1) is 24.7 Å². The lowest BCUT2D eigenvalue weighted by Crippen LogP contribution is -2.42. The normalized spacial score (nSPS) is 38.0. The molecule has 1 aromatic heterocycles. The summed E-state index contributed by atoms with van der Waals surface area (Å²) in [5.74, 6) is -0.316. The average Bonchev–Trinajstić information content (AvgIpc) is 3.86. The Balaban J connectivity index is 1.33. The van der Waals surface area contributed by atoms with Gasteiger partial charge >= 0.3 is 11.9 Å². The molecule has 1 aromatic rings. The molecule has 0 spiro atoms. The molecule has 1 N–H and O–H groups in total. The molecule has 0 aromatic carbocycles. The van der Waals surface area contributed by atoms with Crippen molar-refractivity contribution in [3.05, 3.63) is 59.4 Å². The summed E-state index contributed by atoms with van der Waals surface area (Å²) in [4.78, 5) is 30.1. The molecule has 5 heterocycles. The van der Waals surface area contributed by atoms with Crippen molar-refractivity contribution in [3.63, 3.8) is 0 Å². The lowest BCUT2D eigenvalue weighted by Gasteiger charge is -2.33. The van der Waals surface area contributed by atoms with Gasteiger partial charge in [0.1, 0.15) is 35.9 Å². The van der Waals surface area contributed by atoms with Gasteiger partial charge in [0.05, 0.1) is 18.3 Å². The Bertz CT molecular complexity index is 1360. The molecule has 3 fully saturated rings. The fourth-order valence-electron chi connectivity index (χ4n) is 6.64. The maximum atomic E-state index is 13.4. The number of carbonyl (C=O) groups is 2. The van der Waals surface area contributed by atoms with E-state index in [2.05, 4.69) is 4.98 Å². The van der Waals surface area contributed by atoms with Crippen molar-refractivity contribution in [2.75, 3.05) is 7.11 Å². The first-order valence-electron chi connectivity index (χ1n) is 16.0. The number of aromatic nitrogens is 1. The van der Waals surface area contributed by atoms with Gasteiger partial charge in [0, 0.05) is 38.7 Å². The number of oxazole rings is 1. The molecule has 11 unspecified atom stereocenters. The molecule has 10 heteroatoms. The molecular weight excluding hydrogens is 578 g/mol. The number of aryl methyl sites for hydroxylation is 1. The van der Waals surface area contributed by atoms with Gasteiger partial charge in [-0.05, 0) is 56.8 Å². The first-order chi connectivity index (χ1) is 21.4. The highest BCUT2D eigenvalue weighted by Crippen LogP contribution is 2.44. The van der Waals surface area contributed by atoms with E-state index in [0.29, 0.717) is 25.2 Å². The summed E-state index contributed by atoms with van der Waals surface area (Å²) in [6.07, 6.45) is 11.7. The number of epoxide rings is 2. The molecule has 11 atom stereocenters. The van der Waals surface area contributed by atoms with Gasteiger partial charge in [-0.1, -0.05) is 44.2 Å². The largest absolute Gasteiger partial charge is 0.462 e. The van der Waals surface area contributed by atoms with Crippen molar-refractivity contribution in [1.82, 2.24) is 4.98 Å². The quantitative estimate of drug-likeness (QED) is 0.190. The number of fused-ring (bicyclic) bond motifs is 4. The second-order valence-electron chi connectivity index (χ2n) is 13.3. The maximum Gasteiger partial charge on any atom is 0.338 e. The van der Waals surface area contributed by atoms with Crippen molar-refractivity contribution < 1.29 is 42.8 Å². The van der Waals surface area contributed by atoms with E-state index in [1.807, 2.05) is 71.1 Å². The Labute approximate surface area is 265 Å². The smallest absolute Gasteiger partial charge is 0.338 e. The summed E-state index contributed by atoms with van der Waals surface area (Å²) in [5, 5.41) is 11.4. The van der Waals surface area contributed by atoms with Crippen LogP contribution in [-0.4, -0.2) is 77.5 Å². The number of rotatable bonds is 7. The van der Waals surface area contributed by atoms with Crippen molar-refractivity contribution in [3.8, 4) is 0 Å². The van der Waals surface area contributed by atoms with Crippen LogP contribution >= 0.6 is 0 Å². The summed E-state index contributed by atoms with van der Waals surface area (Å²) in [5.41, 5.74) is 1.86. The monoisotopic (exact) mass is 625 g/mol. The number of aliphatic hydroxyl groups is 1. The van der Waals surface area contributed by atoms with Crippen molar-refractivity contribution >= 4 is 18.0 Å². The Kier molecular flexibility index (Phi) is 10.2. The van der Waals surface area contributed by atoms with Gasteiger partial charge in [0.25, 0.3) is 0 Å². The van der Waals surface area contributed by atoms with Gasteiger partial charge < -0.3 is 33.2 Å². The van der Waals surface area contributed by atoms with Gasteiger partial charge in [-0.3, -0.25) is 4.79 Å². The minimum atomic E-state index is -0.905. The van der Waals surface area contributed by atoms with Crippen LogP contribution in [0.25, 0.3) is 6.08 Å². The Hall–Kier alpha value is -3.05. The number of methoxy groups -OCH3 is 1. The standard InChI is InChI=1S/C35H47NO9/c1-19(13-25-18-41-23(5)36-25)9-8-10-21(3)32(40-7)22(4)27-17-29(37)35(6)30(45-35)12-11-20(2)26-14-24(16-31(38)42-26)15-28-33(43-28)34(39)44-27/h8-13,18,20,22,24,26-30,32-33,37H,14-17H2,1-7H3/b9-8+,12-11-,19-13+,21-10+. The zero-order chi connectivity index (χ0) is 32.5. The molecule has 0 aliphatic carbocycles. The van der Waals surface area contributed by atoms with Crippen LogP contribution in [0.2, 0.25) is 0 Å². The zero-order valence-electron chi connectivity index (χ0n) is 27.3. The van der Waals surface area contributed by atoms with Gasteiger partial charge in [-0.15, -0.1) is 0 Å². The van der Waals surface area contributed by atoms with E-state index in [1.54, 1.807) is 20.3 Å². The number of hydrogen-bond donors (Lipinski definition) is 1. The molecule has 5 rings (SSSR count). The minimum absolute atomic E-state index is 0.0130. The zero-order valence-corrected chi connectivity index (χ0v) is 27.3. The number of allylic oxidation sites excluding steroid dienone is 4. The number of esters is 2. The number of hydrogen-bond acceptors (Lipinski definition) is 10. The molecule has 4 aliphatic rings. The van der Waals surface area contributed by atoms with Crippen LogP contribution in [0.15, 0.2) is 52.2 Å². The van der Waals surface area contributed by atoms with E-state index in [4.69, 9.17) is 28.1 Å². The molecule has 2 bridgehead atoms. The lowest BCUT2D eigenvalue weighted by atomic mass is 9.84. The topological polar surface area (TPSA) is 133 Å². The van der Waals surface area contributed by atoms with Crippen LogP contribution in [0.4, 0.5) is 0 Å². The third kappa shape index (κ3) is 8.03. The number of cyclic esters (lactones) is 1. The second kappa shape index (κ2) is 13.7. The summed E-state index contributed by atoms with van der Waals surface area (Å²) in [6.45, 7) is 11.6. The number of aliphatic hydroxyl groups excluding tert-OH is 1. The Morgan fingerprint density at radius 2 is 1.91 bits per heavy atom. The van der Waals surface area contributed by atoms with Crippen LogP contribution < -0.4 is 0 Å². The van der Waals surface area contributed by atoms with E-state index in [-0.39, 0.29) is 48.5 Å². The first-order valence-corrected chi connectivity index (χ1v) is 16.0. The SMILES string of the molecule is COC(/C(C)=C/C=C/C(C)=C/c1coc(C)n1)C(C)C1CC(O)C2(C)OC2/C=C\C(C)C2CC(CC(=O)O2)CC2OC2C(=O)O1. The molecule has 0 saturated carbocycles. The third-order valence-electron chi connectivity index (χ3n) is 9.63. The summed E-state index contributed by atoms with van der Waals surface area (Å²) in [7, 11) is 1.63. The van der Waals surface area contributed by atoms with Gasteiger partial charge in [-0.2, -0.15) is 0 Å². The molecule has 4 aliphatic heterocycles. The lowest BCUT2D eigenvalue weighted by molar-refractivity contribution is -0.159. The molecular formula is C35H47NO9. The predicted octanol–water partition coefficient (Wildman–Crippen LogP) is 5.05. The van der Waals surface area contributed by atoms with Crippen molar-refractivity contribution in [1.29, 1.82) is 0 Å². The van der Waals surface area contributed by atoms with Crippen LogP contribution in [-0.2, 0) is 33.3 Å². The van der Waals surface area contributed by atoms with Crippen LogP contribution in [0.1, 0.15) is 71.9 Å². The van der Waals surface area contributed by atoms with E-state index >= 15 is 0 Å². The summed E-state index contributed by atoms with van der Waals surface area (Å²) >= 11 is 0. The molecule has 10 nitrogen and oxygen atoms in total. The first kappa shape index (κ1) is 33.3. The second-order valence-corrected chi connectivity index (χ2v) is 13.3. The number of carbonyl (C=O) groups excluding carboxylic acids is 2. The Morgan fingerprint density at radius 1 is 1.16 bits per heavy atom. The fraction of sp³-hybridized carbons (Fsp3) is 0.629. The summed E-state index contributed by atoms with van der Waals surface area (Å²) < 4.78 is 34.7. The van der Waals surface area contributed by atoms with Crippen molar-refractivity contribution in [2.45, 2.75) is 116 Å². The van der Waals surface area contributed by atoms with Gasteiger partial charge in [-0.25, -0.2) is 9.78 Å². The molecule has 0 amide bonds. The van der Waals surface area contributed by atoms with E-state index < -0.39 is 36.0 Å². The Morgan fingerprint density at radius 3 is 2.62 bits per heavy atom. The third-order valence-corrected chi connectivity index (χ3v) is 9.63. The van der Waals surface area contributed by atoms with Crippen LogP contribution in [0.5, 0.6) is 0 Å². The predicted molar refractivity (Wildman–Crippen MR) is 166 cm³/mol. The summed E-state index contributed by atoms with van der Waals surface area (Å²) in [6, 6.07) is 0. The van der Waals surface area contributed by atoms with Gasteiger partial charge in [0.2, 0.25) is 0 Å². The highest BCUT2D eigenvalue weighted by molar-refractivity contribution is 5.78. The average molecular weight is 626 g/mol.